The van der Waals surface area contributed by atoms with Crippen LogP contribution in [-0.2, 0) is 14.3 Å². The van der Waals surface area contributed by atoms with Crippen molar-refractivity contribution in [3.63, 3.8) is 0 Å². The van der Waals surface area contributed by atoms with Crippen LogP contribution in [0.15, 0.2) is 24.3 Å². The van der Waals surface area contributed by atoms with Gasteiger partial charge in [0.05, 0.1) is 5.75 Å². The summed E-state index contributed by atoms with van der Waals surface area (Å²) < 4.78 is 19.0. The summed E-state index contributed by atoms with van der Waals surface area (Å²) >= 11 is 1.41. The highest BCUT2D eigenvalue weighted by atomic mass is 32.2. The molecule has 132 valence electrons. The van der Waals surface area contributed by atoms with Crippen LogP contribution in [0.1, 0.15) is 24.8 Å². The summed E-state index contributed by atoms with van der Waals surface area (Å²) in [6.07, 6.45) is 0. The lowest BCUT2D eigenvalue weighted by atomic mass is 10.2. The van der Waals surface area contributed by atoms with Gasteiger partial charge in [-0.25, -0.2) is 4.39 Å². The summed E-state index contributed by atoms with van der Waals surface area (Å²) in [6.45, 7) is 4.62. The molecule has 0 saturated carbocycles. The van der Waals surface area contributed by atoms with Crippen LogP contribution in [0.5, 0.6) is 0 Å². The van der Waals surface area contributed by atoms with Gasteiger partial charge in [-0.05, 0) is 19.9 Å². The molecule has 0 radical (unpaired) electrons. The van der Waals surface area contributed by atoms with E-state index in [4.69, 9.17) is 4.74 Å². The van der Waals surface area contributed by atoms with Crippen LogP contribution in [-0.4, -0.2) is 60.2 Å². The molecule has 24 heavy (non-hydrogen) atoms. The van der Waals surface area contributed by atoms with E-state index in [9.17, 15) is 14.0 Å². The molecule has 5 nitrogen and oxygen atoms in total. The SMILES string of the molecule is COCC(=O)N(CCN1C(=O)CS[C@H]1c1ccccc1F)C(C)C. The summed E-state index contributed by atoms with van der Waals surface area (Å²) in [5, 5.41) is -0.342. The number of rotatable bonds is 7. The number of methoxy groups -OCH3 is 1. The molecule has 0 aliphatic carbocycles. The highest BCUT2D eigenvalue weighted by molar-refractivity contribution is 8.00. The van der Waals surface area contributed by atoms with Crippen molar-refractivity contribution < 1.29 is 18.7 Å². The van der Waals surface area contributed by atoms with Gasteiger partial charge in [-0.1, -0.05) is 18.2 Å². The zero-order valence-electron chi connectivity index (χ0n) is 14.2. The molecule has 0 unspecified atom stereocenters. The lowest BCUT2D eigenvalue weighted by Gasteiger charge is -2.31. The number of nitrogens with zero attached hydrogens (tertiary/aromatic N) is 2. The highest BCUT2D eigenvalue weighted by Gasteiger charge is 2.34. The number of halogens is 1. The predicted octanol–water partition coefficient (Wildman–Crippen LogP) is 2.28. The third-order valence-corrected chi connectivity index (χ3v) is 5.17. The molecule has 1 fully saturated rings. The molecule has 0 spiro atoms. The Balaban J connectivity index is 2.09. The second-order valence-corrected chi connectivity index (χ2v) is 6.95. The van der Waals surface area contributed by atoms with Crippen LogP contribution in [0.2, 0.25) is 0 Å². The summed E-state index contributed by atoms with van der Waals surface area (Å²) in [4.78, 5) is 27.6. The molecular formula is C17H23FN2O3S. The first-order valence-corrected chi connectivity index (χ1v) is 8.94. The molecule has 0 aromatic heterocycles. The maximum Gasteiger partial charge on any atom is 0.248 e. The van der Waals surface area contributed by atoms with Crippen LogP contribution >= 0.6 is 11.8 Å². The van der Waals surface area contributed by atoms with Gasteiger partial charge in [0.2, 0.25) is 11.8 Å². The van der Waals surface area contributed by atoms with E-state index >= 15 is 0 Å². The Morgan fingerprint density at radius 3 is 2.79 bits per heavy atom. The van der Waals surface area contributed by atoms with Crippen molar-refractivity contribution in [3.05, 3.63) is 35.6 Å². The van der Waals surface area contributed by atoms with E-state index in [1.54, 1.807) is 28.0 Å². The van der Waals surface area contributed by atoms with Crippen molar-refractivity contribution in [2.75, 3.05) is 32.6 Å². The van der Waals surface area contributed by atoms with E-state index in [0.29, 0.717) is 24.4 Å². The minimum Gasteiger partial charge on any atom is -0.375 e. The minimum absolute atomic E-state index is 0.00456. The van der Waals surface area contributed by atoms with E-state index in [1.165, 1.54) is 24.9 Å². The molecular weight excluding hydrogens is 331 g/mol. The topological polar surface area (TPSA) is 49.9 Å². The monoisotopic (exact) mass is 354 g/mol. The van der Waals surface area contributed by atoms with Crippen molar-refractivity contribution in [1.82, 2.24) is 9.80 Å². The third kappa shape index (κ3) is 4.27. The minimum atomic E-state index is -0.342. The van der Waals surface area contributed by atoms with E-state index in [2.05, 4.69) is 0 Å². The Hall–Kier alpha value is -1.60. The Morgan fingerprint density at radius 1 is 1.46 bits per heavy atom. The van der Waals surface area contributed by atoms with Crippen molar-refractivity contribution >= 4 is 23.6 Å². The molecule has 2 amide bonds. The number of carbonyl (C=O) groups is 2. The maximum absolute atomic E-state index is 14.1. The van der Waals surface area contributed by atoms with Gasteiger partial charge in [-0.15, -0.1) is 11.8 Å². The van der Waals surface area contributed by atoms with Crippen LogP contribution in [0, 0.1) is 5.82 Å². The second-order valence-electron chi connectivity index (χ2n) is 5.89. The van der Waals surface area contributed by atoms with Crippen LogP contribution in [0.4, 0.5) is 4.39 Å². The molecule has 1 aliphatic heterocycles. The zero-order valence-corrected chi connectivity index (χ0v) is 15.0. The first-order chi connectivity index (χ1) is 11.5. The summed E-state index contributed by atoms with van der Waals surface area (Å²) in [5.74, 6) is -0.136. The molecule has 0 N–H and O–H groups in total. The van der Waals surface area contributed by atoms with Crippen molar-refractivity contribution in [2.24, 2.45) is 0 Å². The number of carbonyl (C=O) groups excluding carboxylic acids is 2. The smallest absolute Gasteiger partial charge is 0.248 e. The fourth-order valence-corrected chi connectivity index (χ4v) is 3.96. The van der Waals surface area contributed by atoms with Gasteiger partial charge in [0.1, 0.15) is 17.8 Å². The molecule has 1 atom stereocenters. The van der Waals surface area contributed by atoms with Crippen LogP contribution in [0.25, 0.3) is 0 Å². The molecule has 1 aromatic rings. The third-order valence-electron chi connectivity index (χ3n) is 3.93. The predicted molar refractivity (Wildman–Crippen MR) is 92.0 cm³/mol. The van der Waals surface area contributed by atoms with Gasteiger partial charge in [0.15, 0.2) is 0 Å². The lowest BCUT2D eigenvalue weighted by Crippen LogP contribution is -2.44. The fraction of sp³-hybridized carbons (Fsp3) is 0.529. The molecule has 1 saturated heterocycles. The van der Waals surface area contributed by atoms with Crippen molar-refractivity contribution in [3.8, 4) is 0 Å². The van der Waals surface area contributed by atoms with E-state index in [-0.39, 0.29) is 35.7 Å². The first kappa shape index (κ1) is 18.7. The van der Waals surface area contributed by atoms with Gasteiger partial charge < -0.3 is 14.5 Å². The Kier molecular flexibility index (Phi) is 6.62. The van der Waals surface area contributed by atoms with Gasteiger partial charge >= 0.3 is 0 Å². The van der Waals surface area contributed by atoms with E-state index < -0.39 is 0 Å². The van der Waals surface area contributed by atoms with Gasteiger partial charge in [0.25, 0.3) is 0 Å². The zero-order chi connectivity index (χ0) is 17.7. The van der Waals surface area contributed by atoms with Gasteiger partial charge in [0, 0.05) is 31.8 Å². The molecule has 1 aromatic carbocycles. The molecule has 1 aliphatic rings. The molecule has 1 heterocycles. The van der Waals surface area contributed by atoms with E-state index in [1.807, 2.05) is 13.8 Å². The van der Waals surface area contributed by atoms with E-state index in [0.717, 1.165) is 0 Å². The number of benzene rings is 1. The van der Waals surface area contributed by atoms with Crippen LogP contribution < -0.4 is 0 Å². The number of hydrogen-bond donors (Lipinski definition) is 0. The highest BCUT2D eigenvalue weighted by Crippen LogP contribution is 2.39. The van der Waals surface area contributed by atoms with Crippen molar-refractivity contribution in [2.45, 2.75) is 25.3 Å². The average molecular weight is 354 g/mol. The number of thioether (sulfide) groups is 1. The average Bonchev–Trinajstić information content (AvgIpc) is 2.89. The fourth-order valence-electron chi connectivity index (χ4n) is 2.72. The Bertz CT molecular complexity index is 597. The van der Waals surface area contributed by atoms with Gasteiger partial charge in [-0.3, -0.25) is 9.59 Å². The normalized spacial score (nSPS) is 17.6. The summed E-state index contributed by atoms with van der Waals surface area (Å²) in [6, 6.07) is 6.51. The standard InChI is InChI=1S/C17H23FN2O3S/c1-12(2)19(15(21)10-23-3)8-9-20-16(22)11-24-17(20)13-6-4-5-7-14(13)18/h4-7,12,17H,8-11H2,1-3H3/t17-/m0/s1. The quantitative estimate of drug-likeness (QED) is 0.754. The number of ether oxygens (including phenoxy) is 1. The lowest BCUT2D eigenvalue weighted by molar-refractivity contribution is -0.138. The van der Waals surface area contributed by atoms with Crippen molar-refractivity contribution in [1.29, 1.82) is 0 Å². The Labute approximate surface area is 146 Å². The number of amides is 2. The first-order valence-electron chi connectivity index (χ1n) is 7.89. The summed E-state index contributed by atoms with van der Waals surface area (Å²) in [5.41, 5.74) is 0.507. The molecule has 7 heteroatoms. The van der Waals surface area contributed by atoms with Crippen LogP contribution in [0.3, 0.4) is 0 Å². The second kappa shape index (κ2) is 8.48. The van der Waals surface area contributed by atoms with Gasteiger partial charge in [-0.2, -0.15) is 0 Å². The summed E-state index contributed by atoms with van der Waals surface area (Å²) in [7, 11) is 1.48. The number of hydrogen-bond acceptors (Lipinski definition) is 4. The molecule has 0 bridgehead atoms. The Morgan fingerprint density at radius 2 is 2.17 bits per heavy atom. The largest absolute Gasteiger partial charge is 0.375 e. The maximum atomic E-state index is 14.1. The molecule has 2 rings (SSSR count).